The second-order valence-corrected chi connectivity index (χ2v) is 4.97. The van der Waals surface area contributed by atoms with Crippen molar-refractivity contribution in [2.24, 2.45) is 0 Å². The fourth-order valence-corrected chi connectivity index (χ4v) is 2.62. The molecular formula is C13H20ClN3. The maximum Gasteiger partial charge on any atom is 0.0589 e. The van der Waals surface area contributed by atoms with Gasteiger partial charge in [-0.15, -0.1) is 0 Å². The van der Waals surface area contributed by atoms with E-state index in [2.05, 4.69) is 17.1 Å². The molecule has 0 aliphatic carbocycles. The first-order valence-electron chi connectivity index (χ1n) is 6.23. The average molecular weight is 254 g/mol. The summed E-state index contributed by atoms with van der Waals surface area (Å²) in [5.74, 6) is 0. The number of hydrogen-bond acceptors (Lipinski definition) is 3. The maximum atomic E-state index is 5.96. The second kappa shape index (κ2) is 5.61. The van der Waals surface area contributed by atoms with Crippen LogP contribution in [-0.4, -0.2) is 30.6 Å². The number of nitrogen functional groups attached to an aromatic ring is 1. The largest absolute Gasteiger partial charge is 0.397 e. The number of hydrogen-bond donors (Lipinski definition) is 2. The normalized spacial score (nSPS) is 20.7. The third-order valence-corrected chi connectivity index (χ3v) is 3.68. The number of anilines is 2. The van der Waals surface area contributed by atoms with Gasteiger partial charge in [0.1, 0.15) is 0 Å². The number of rotatable bonds is 4. The molecule has 1 heterocycles. The van der Waals surface area contributed by atoms with Gasteiger partial charge in [0.15, 0.2) is 0 Å². The molecule has 1 aromatic rings. The lowest BCUT2D eigenvalue weighted by atomic mass is 10.2. The Morgan fingerprint density at radius 2 is 2.35 bits per heavy atom. The Kier molecular flexibility index (Phi) is 4.13. The highest BCUT2D eigenvalue weighted by Gasteiger charge is 2.22. The first kappa shape index (κ1) is 12.5. The number of nitrogens with one attached hydrogen (secondary N) is 1. The summed E-state index contributed by atoms with van der Waals surface area (Å²) >= 11 is 5.96. The van der Waals surface area contributed by atoms with Crippen LogP contribution in [0.1, 0.15) is 19.8 Å². The average Bonchev–Trinajstić information content (AvgIpc) is 2.77. The summed E-state index contributed by atoms with van der Waals surface area (Å²) in [6.07, 6.45) is 2.56. The van der Waals surface area contributed by atoms with Gasteiger partial charge >= 0.3 is 0 Å². The molecule has 0 saturated carbocycles. The van der Waals surface area contributed by atoms with Crippen molar-refractivity contribution in [3.63, 3.8) is 0 Å². The van der Waals surface area contributed by atoms with Crippen molar-refractivity contribution in [2.75, 3.05) is 30.7 Å². The minimum atomic E-state index is 0.624. The topological polar surface area (TPSA) is 41.3 Å². The van der Waals surface area contributed by atoms with Crippen molar-refractivity contribution in [3.05, 3.63) is 23.2 Å². The van der Waals surface area contributed by atoms with Crippen molar-refractivity contribution in [1.82, 2.24) is 4.90 Å². The molecule has 94 valence electrons. The van der Waals surface area contributed by atoms with Gasteiger partial charge in [0, 0.05) is 17.6 Å². The van der Waals surface area contributed by atoms with Crippen LogP contribution in [0.25, 0.3) is 0 Å². The van der Waals surface area contributed by atoms with E-state index in [-0.39, 0.29) is 0 Å². The molecule has 0 amide bonds. The molecule has 17 heavy (non-hydrogen) atoms. The molecule has 0 radical (unpaired) electrons. The molecule has 1 aliphatic heterocycles. The van der Waals surface area contributed by atoms with Gasteiger partial charge in [-0.05, 0) is 44.1 Å². The second-order valence-electron chi connectivity index (χ2n) is 4.54. The Balaban J connectivity index is 1.95. The monoisotopic (exact) mass is 253 g/mol. The summed E-state index contributed by atoms with van der Waals surface area (Å²) < 4.78 is 0. The number of benzene rings is 1. The van der Waals surface area contributed by atoms with E-state index in [1.807, 2.05) is 18.2 Å². The third kappa shape index (κ3) is 3.05. The minimum absolute atomic E-state index is 0.624. The highest BCUT2D eigenvalue weighted by atomic mass is 35.5. The molecule has 0 spiro atoms. The zero-order valence-electron chi connectivity index (χ0n) is 10.2. The van der Waals surface area contributed by atoms with Gasteiger partial charge in [-0.2, -0.15) is 0 Å². The van der Waals surface area contributed by atoms with Crippen LogP contribution in [0.3, 0.4) is 0 Å². The first-order valence-corrected chi connectivity index (χ1v) is 6.61. The van der Waals surface area contributed by atoms with E-state index in [1.54, 1.807) is 0 Å². The molecule has 1 saturated heterocycles. The highest BCUT2D eigenvalue weighted by molar-refractivity contribution is 6.31. The van der Waals surface area contributed by atoms with Crippen molar-refractivity contribution >= 4 is 23.0 Å². The van der Waals surface area contributed by atoms with E-state index in [4.69, 9.17) is 17.3 Å². The molecule has 1 aliphatic rings. The molecule has 2 rings (SSSR count). The number of nitrogens with two attached hydrogens (primary N) is 1. The summed E-state index contributed by atoms with van der Waals surface area (Å²) in [5, 5.41) is 4.13. The zero-order valence-corrected chi connectivity index (χ0v) is 11.0. The van der Waals surface area contributed by atoms with Crippen LogP contribution >= 0.6 is 11.6 Å². The smallest absolute Gasteiger partial charge is 0.0589 e. The van der Waals surface area contributed by atoms with Crippen LogP contribution in [0.4, 0.5) is 11.4 Å². The van der Waals surface area contributed by atoms with Crippen LogP contribution < -0.4 is 11.1 Å². The van der Waals surface area contributed by atoms with Gasteiger partial charge in [-0.1, -0.05) is 18.5 Å². The van der Waals surface area contributed by atoms with Crippen LogP contribution in [0.15, 0.2) is 18.2 Å². The summed E-state index contributed by atoms with van der Waals surface area (Å²) in [6.45, 7) is 5.50. The summed E-state index contributed by atoms with van der Waals surface area (Å²) in [4.78, 5) is 2.51. The van der Waals surface area contributed by atoms with Gasteiger partial charge in [-0.25, -0.2) is 0 Å². The molecule has 4 heteroatoms. The molecule has 0 bridgehead atoms. The van der Waals surface area contributed by atoms with Gasteiger partial charge < -0.3 is 11.1 Å². The number of halogens is 1. The van der Waals surface area contributed by atoms with E-state index in [0.29, 0.717) is 6.04 Å². The lowest BCUT2D eigenvalue weighted by Crippen LogP contribution is -2.34. The molecule has 1 atom stereocenters. The van der Waals surface area contributed by atoms with Crippen molar-refractivity contribution < 1.29 is 0 Å². The molecule has 0 aromatic heterocycles. The van der Waals surface area contributed by atoms with Crippen LogP contribution in [0, 0.1) is 0 Å². The van der Waals surface area contributed by atoms with Gasteiger partial charge in [0.2, 0.25) is 0 Å². The summed E-state index contributed by atoms with van der Waals surface area (Å²) in [7, 11) is 0. The number of likely N-dealkylation sites (tertiary alicyclic amines) is 1. The lowest BCUT2D eigenvalue weighted by molar-refractivity contribution is 0.277. The molecule has 1 unspecified atom stereocenters. The van der Waals surface area contributed by atoms with Crippen molar-refractivity contribution in [2.45, 2.75) is 25.8 Å². The van der Waals surface area contributed by atoms with E-state index in [1.165, 1.54) is 19.4 Å². The molecule has 1 fully saturated rings. The van der Waals surface area contributed by atoms with E-state index < -0.39 is 0 Å². The highest BCUT2D eigenvalue weighted by Crippen LogP contribution is 2.24. The van der Waals surface area contributed by atoms with Gasteiger partial charge in [-0.3, -0.25) is 4.90 Å². The van der Waals surface area contributed by atoms with E-state index in [9.17, 15) is 0 Å². The van der Waals surface area contributed by atoms with Crippen molar-refractivity contribution in [3.8, 4) is 0 Å². The predicted octanol–water partition coefficient (Wildman–Crippen LogP) is 2.82. The Labute approximate surface area is 108 Å². The maximum absolute atomic E-state index is 5.96. The SMILES string of the molecule is CCN1CCCC1CNc1cc(Cl)ccc1N. The fraction of sp³-hybridized carbons (Fsp3) is 0.538. The quantitative estimate of drug-likeness (QED) is 0.811. The van der Waals surface area contributed by atoms with Crippen LogP contribution in [-0.2, 0) is 0 Å². The summed E-state index contributed by atoms with van der Waals surface area (Å²) in [5.41, 5.74) is 7.61. The van der Waals surface area contributed by atoms with Crippen LogP contribution in [0.5, 0.6) is 0 Å². The lowest BCUT2D eigenvalue weighted by Gasteiger charge is -2.23. The summed E-state index contributed by atoms with van der Waals surface area (Å²) in [6, 6.07) is 6.17. The fourth-order valence-electron chi connectivity index (χ4n) is 2.45. The van der Waals surface area contributed by atoms with E-state index in [0.717, 1.165) is 29.5 Å². The molecule has 1 aromatic carbocycles. The van der Waals surface area contributed by atoms with Crippen LogP contribution in [0.2, 0.25) is 5.02 Å². The predicted molar refractivity (Wildman–Crippen MR) is 74.6 cm³/mol. The Hall–Kier alpha value is -0.930. The molecule has 3 N–H and O–H groups in total. The Bertz CT molecular complexity index is 381. The molecular weight excluding hydrogens is 234 g/mol. The Morgan fingerprint density at radius 1 is 1.53 bits per heavy atom. The third-order valence-electron chi connectivity index (χ3n) is 3.45. The van der Waals surface area contributed by atoms with Gasteiger partial charge in [0.05, 0.1) is 11.4 Å². The first-order chi connectivity index (χ1) is 8.20. The van der Waals surface area contributed by atoms with Crippen molar-refractivity contribution in [1.29, 1.82) is 0 Å². The number of nitrogens with zero attached hydrogens (tertiary/aromatic N) is 1. The Morgan fingerprint density at radius 3 is 3.12 bits per heavy atom. The molecule has 3 nitrogen and oxygen atoms in total. The standard InChI is InChI=1S/C13H20ClN3/c1-2-17-7-3-4-11(17)9-16-13-8-10(14)5-6-12(13)15/h5-6,8,11,16H,2-4,7,9,15H2,1H3. The number of likely N-dealkylation sites (N-methyl/N-ethyl adjacent to an activating group) is 1. The minimum Gasteiger partial charge on any atom is -0.397 e. The van der Waals surface area contributed by atoms with E-state index >= 15 is 0 Å². The van der Waals surface area contributed by atoms with Gasteiger partial charge in [0.25, 0.3) is 0 Å². The zero-order chi connectivity index (χ0) is 12.3.